The van der Waals surface area contributed by atoms with Gasteiger partial charge in [0.15, 0.2) is 0 Å². The maximum absolute atomic E-state index is 11.3. The van der Waals surface area contributed by atoms with Crippen LogP contribution >= 0.6 is 0 Å². The summed E-state index contributed by atoms with van der Waals surface area (Å²) in [6.07, 6.45) is 1.20. The van der Waals surface area contributed by atoms with Gasteiger partial charge in [-0.05, 0) is 26.7 Å². The number of carbonyl (C=O) groups excluding carboxylic acids is 1. The maximum Gasteiger partial charge on any atom is 0.410 e. The average molecular weight is 187 g/mol. The van der Waals surface area contributed by atoms with Gasteiger partial charge in [-0.15, -0.1) is 0 Å². The van der Waals surface area contributed by atoms with E-state index in [0.717, 1.165) is 13.0 Å². The van der Waals surface area contributed by atoms with Gasteiger partial charge in [-0.1, -0.05) is 0 Å². The first kappa shape index (κ1) is 10.3. The lowest BCUT2D eigenvalue weighted by Crippen LogP contribution is -2.51. The predicted molar refractivity (Wildman–Crippen MR) is 48.5 cm³/mol. The summed E-state index contributed by atoms with van der Waals surface area (Å²) in [6, 6.07) is 0. The van der Waals surface area contributed by atoms with Crippen LogP contribution in [0, 0.1) is 0 Å². The molecule has 4 nitrogen and oxygen atoms in total. The van der Waals surface area contributed by atoms with Gasteiger partial charge < -0.3 is 14.7 Å². The van der Waals surface area contributed by atoms with Gasteiger partial charge in [0.05, 0.1) is 6.61 Å². The highest BCUT2D eigenvalue weighted by molar-refractivity contribution is 5.69. The van der Waals surface area contributed by atoms with Crippen molar-refractivity contribution in [1.82, 2.24) is 4.90 Å². The largest absolute Gasteiger partial charge is 0.449 e. The SMILES string of the molecule is CC(C)(CCO)N1CCCOC1=O. The number of rotatable bonds is 3. The van der Waals surface area contributed by atoms with Gasteiger partial charge in [-0.3, -0.25) is 0 Å². The Morgan fingerprint density at radius 3 is 2.85 bits per heavy atom. The number of nitrogens with zero attached hydrogens (tertiary/aromatic N) is 1. The fourth-order valence-corrected chi connectivity index (χ4v) is 1.51. The minimum absolute atomic E-state index is 0.0940. The summed E-state index contributed by atoms with van der Waals surface area (Å²) in [4.78, 5) is 13.0. The molecule has 13 heavy (non-hydrogen) atoms. The van der Waals surface area contributed by atoms with Crippen LogP contribution in [0.2, 0.25) is 0 Å². The molecule has 0 bridgehead atoms. The molecule has 1 aliphatic rings. The van der Waals surface area contributed by atoms with Gasteiger partial charge in [0.25, 0.3) is 0 Å². The summed E-state index contributed by atoms with van der Waals surface area (Å²) < 4.78 is 4.93. The monoisotopic (exact) mass is 187 g/mol. The molecule has 0 aromatic rings. The highest BCUT2D eigenvalue weighted by Crippen LogP contribution is 2.22. The summed E-state index contributed by atoms with van der Waals surface area (Å²) in [5.74, 6) is 0. The molecular formula is C9H17NO3. The minimum Gasteiger partial charge on any atom is -0.449 e. The van der Waals surface area contributed by atoms with Crippen LogP contribution in [-0.4, -0.2) is 41.4 Å². The van der Waals surface area contributed by atoms with Crippen LogP contribution < -0.4 is 0 Å². The average Bonchev–Trinajstić information content (AvgIpc) is 2.04. The molecule has 1 fully saturated rings. The summed E-state index contributed by atoms with van der Waals surface area (Å²) in [5, 5.41) is 8.84. The molecule has 0 aromatic carbocycles. The second-order valence-corrected chi connectivity index (χ2v) is 3.91. The summed E-state index contributed by atoms with van der Waals surface area (Å²) in [7, 11) is 0. The lowest BCUT2D eigenvalue weighted by Gasteiger charge is -2.39. The molecule has 76 valence electrons. The maximum atomic E-state index is 11.3. The van der Waals surface area contributed by atoms with Crippen molar-refractivity contribution >= 4 is 6.09 Å². The zero-order chi connectivity index (χ0) is 9.90. The molecule has 0 saturated carbocycles. The Kier molecular flexibility index (Phi) is 3.14. The highest BCUT2D eigenvalue weighted by Gasteiger charge is 2.33. The van der Waals surface area contributed by atoms with Gasteiger partial charge >= 0.3 is 6.09 Å². The molecule has 0 atom stereocenters. The van der Waals surface area contributed by atoms with E-state index in [1.807, 2.05) is 13.8 Å². The van der Waals surface area contributed by atoms with Crippen molar-refractivity contribution in [3.05, 3.63) is 0 Å². The van der Waals surface area contributed by atoms with Crippen LogP contribution in [0.1, 0.15) is 26.7 Å². The minimum atomic E-state index is -0.299. The number of aliphatic hydroxyl groups is 1. The van der Waals surface area contributed by atoms with Crippen molar-refractivity contribution in [2.45, 2.75) is 32.2 Å². The van der Waals surface area contributed by atoms with E-state index in [9.17, 15) is 4.79 Å². The Morgan fingerprint density at radius 2 is 2.31 bits per heavy atom. The van der Waals surface area contributed by atoms with Crippen LogP contribution in [-0.2, 0) is 4.74 Å². The number of hydrogen-bond donors (Lipinski definition) is 1. The summed E-state index contributed by atoms with van der Waals surface area (Å²) >= 11 is 0. The van der Waals surface area contributed by atoms with E-state index in [1.54, 1.807) is 4.90 Å². The molecule has 0 unspecified atom stereocenters. The zero-order valence-corrected chi connectivity index (χ0v) is 8.25. The van der Waals surface area contributed by atoms with Gasteiger partial charge in [0.2, 0.25) is 0 Å². The molecule has 1 aliphatic heterocycles. The van der Waals surface area contributed by atoms with Crippen molar-refractivity contribution in [1.29, 1.82) is 0 Å². The van der Waals surface area contributed by atoms with Crippen molar-refractivity contribution < 1.29 is 14.6 Å². The lowest BCUT2D eigenvalue weighted by molar-refractivity contribution is 0.0230. The zero-order valence-electron chi connectivity index (χ0n) is 8.25. The number of cyclic esters (lactones) is 1. The normalized spacial score (nSPS) is 18.7. The summed E-state index contributed by atoms with van der Waals surface area (Å²) in [6.45, 7) is 5.22. The fraction of sp³-hybridized carbons (Fsp3) is 0.889. The highest BCUT2D eigenvalue weighted by atomic mass is 16.6. The molecular weight excluding hydrogens is 170 g/mol. The van der Waals surface area contributed by atoms with Crippen LogP contribution in [0.3, 0.4) is 0 Å². The standard InChI is InChI=1S/C9H17NO3/c1-9(2,4-6-11)10-5-3-7-13-8(10)12/h11H,3-7H2,1-2H3. The van der Waals surface area contributed by atoms with E-state index in [1.165, 1.54) is 0 Å². The second kappa shape index (κ2) is 3.96. The van der Waals surface area contributed by atoms with E-state index in [-0.39, 0.29) is 18.2 Å². The molecule has 1 heterocycles. The molecule has 1 rings (SSSR count). The van der Waals surface area contributed by atoms with Crippen LogP contribution in [0.4, 0.5) is 4.79 Å². The van der Waals surface area contributed by atoms with E-state index in [2.05, 4.69) is 0 Å². The van der Waals surface area contributed by atoms with Crippen molar-refractivity contribution in [3.8, 4) is 0 Å². The fourth-order valence-electron chi connectivity index (χ4n) is 1.51. The molecule has 0 aromatic heterocycles. The van der Waals surface area contributed by atoms with Gasteiger partial charge in [0.1, 0.15) is 0 Å². The lowest BCUT2D eigenvalue weighted by atomic mass is 9.98. The molecule has 1 amide bonds. The van der Waals surface area contributed by atoms with Crippen molar-refractivity contribution in [2.75, 3.05) is 19.8 Å². The van der Waals surface area contributed by atoms with Gasteiger partial charge in [-0.2, -0.15) is 0 Å². The van der Waals surface area contributed by atoms with Gasteiger partial charge in [-0.25, -0.2) is 4.79 Å². The number of hydrogen-bond acceptors (Lipinski definition) is 3. The third kappa shape index (κ3) is 2.34. The number of aliphatic hydroxyl groups excluding tert-OH is 1. The quantitative estimate of drug-likeness (QED) is 0.716. The first-order chi connectivity index (χ1) is 6.08. The van der Waals surface area contributed by atoms with Crippen molar-refractivity contribution in [3.63, 3.8) is 0 Å². The second-order valence-electron chi connectivity index (χ2n) is 3.91. The third-order valence-corrected chi connectivity index (χ3v) is 2.43. The third-order valence-electron chi connectivity index (χ3n) is 2.43. The summed E-state index contributed by atoms with van der Waals surface area (Å²) in [5.41, 5.74) is -0.299. The first-order valence-corrected chi connectivity index (χ1v) is 4.63. The van der Waals surface area contributed by atoms with E-state index in [4.69, 9.17) is 9.84 Å². The Labute approximate surface area is 78.5 Å². The van der Waals surface area contributed by atoms with Crippen LogP contribution in [0.25, 0.3) is 0 Å². The first-order valence-electron chi connectivity index (χ1n) is 4.63. The molecule has 1 N–H and O–H groups in total. The topological polar surface area (TPSA) is 49.8 Å². The Balaban J connectivity index is 2.61. The molecule has 4 heteroatoms. The molecule has 0 radical (unpaired) electrons. The predicted octanol–water partition coefficient (Wildman–Crippen LogP) is 0.990. The molecule has 0 spiro atoms. The number of ether oxygens (including phenoxy) is 1. The molecule has 0 aliphatic carbocycles. The Hall–Kier alpha value is -0.770. The smallest absolute Gasteiger partial charge is 0.410 e. The Bertz CT molecular complexity index is 191. The van der Waals surface area contributed by atoms with Crippen LogP contribution in [0.5, 0.6) is 0 Å². The van der Waals surface area contributed by atoms with E-state index < -0.39 is 0 Å². The van der Waals surface area contributed by atoms with E-state index >= 15 is 0 Å². The van der Waals surface area contributed by atoms with Gasteiger partial charge in [0, 0.05) is 18.7 Å². The van der Waals surface area contributed by atoms with Crippen molar-refractivity contribution in [2.24, 2.45) is 0 Å². The number of carbonyl (C=O) groups is 1. The molecule has 1 saturated heterocycles. The van der Waals surface area contributed by atoms with Crippen LogP contribution in [0.15, 0.2) is 0 Å². The van der Waals surface area contributed by atoms with E-state index in [0.29, 0.717) is 13.0 Å². The Morgan fingerprint density at radius 1 is 1.62 bits per heavy atom. The number of amides is 1.